The van der Waals surface area contributed by atoms with Crippen molar-refractivity contribution in [2.75, 3.05) is 0 Å². The van der Waals surface area contributed by atoms with Gasteiger partial charge in [0.05, 0.1) is 23.3 Å². The summed E-state index contributed by atoms with van der Waals surface area (Å²) < 4.78 is 39.7. The first-order valence-corrected chi connectivity index (χ1v) is 4.89. The number of alkyl halides is 3. The molecule has 0 bridgehead atoms. The van der Waals surface area contributed by atoms with Crippen LogP contribution in [-0.2, 0) is 19.8 Å². The Morgan fingerprint density at radius 3 is 2.71 bits per heavy atom. The Bertz CT molecular complexity index is 569. The van der Waals surface area contributed by atoms with Gasteiger partial charge in [0.1, 0.15) is 0 Å². The van der Waals surface area contributed by atoms with E-state index in [0.717, 1.165) is 6.07 Å². The Morgan fingerprint density at radius 2 is 2.12 bits per heavy atom. The Balaban J connectivity index is 2.77. The summed E-state index contributed by atoms with van der Waals surface area (Å²) in [5, 5.41) is 4.50. The number of para-hydroxylation sites is 1. The summed E-state index contributed by atoms with van der Waals surface area (Å²) in [6.07, 6.45) is -4.38. The van der Waals surface area contributed by atoms with Crippen LogP contribution in [-0.4, -0.2) is 16.5 Å². The molecule has 0 aliphatic rings. The molecule has 90 valence electrons. The van der Waals surface area contributed by atoms with Crippen molar-refractivity contribution in [3.8, 4) is 0 Å². The minimum Gasteiger partial charge on any atom is -0.294 e. The molecular weight excluding hydrogens is 231 g/mol. The van der Waals surface area contributed by atoms with Gasteiger partial charge in [0.25, 0.3) is 0 Å². The predicted molar refractivity (Wildman–Crippen MR) is 59.0 cm³/mol. The number of aryl methyl sites for hydroxylation is 1. The Hall–Kier alpha value is -1.85. The molecule has 0 N–H and O–H groups in total. The quantitative estimate of drug-likeness (QED) is 0.743. The van der Waals surface area contributed by atoms with Gasteiger partial charge in [0.2, 0.25) is 0 Å². The molecule has 0 saturated carbocycles. The minimum absolute atomic E-state index is 0.0821. The van der Waals surface area contributed by atoms with Gasteiger partial charge in [-0.25, -0.2) is 0 Å². The first-order valence-electron chi connectivity index (χ1n) is 4.89. The van der Waals surface area contributed by atoms with Gasteiger partial charge in [-0.1, -0.05) is 12.1 Å². The second kappa shape index (κ2) is 3.87. The van der Waals surface area contributed by atoms with Gasteiger partial charge >= 0.3 is 6.18 Å². The molecule has 0 saturated heterocycles. The van der Waals surface area contributed by atoms with Crippen molar-refractivity contribution in [3.63, 3.8) is 0 Å². The van der Waals surface area contributed by atoms with E-state index in [2.05, 4.69) is 16.8 Å². The molecule has 17 heavy (non-hydrogen) atoms. The van der Waals surface area contributed by atoms with E-state index in [9.17, 15) is 13.2 Å². The van der Waals surface area contributed by atoms with Gasteiger partial charge in [0, 0.05) is 12.4 Å². The second-order valence-corrected chi connectivity index (χ2v) is 3.65. The van der Waals surface area contributed by atoms with E-state index in [1.807, 2.05) is 0 Å². The van der Waals surface area contributed by atoms with Crippen LogP contribution in [0.25, 0.3) is 10.9 Å². The summed E-state index contributed by atoms with van der Waals surface area (Å²) in [6.45, 7) is 3.53. The molecule has 0 fully saturated rings. The zero-order valence-electron chi connectivity index (χ0n) is 9.12. The molecule has 0 atom stereocenters. The number of halogens is 3. The SMILES string of the molecule is C=NCc1nn(C)c2c(C(F)(F)F)cccc12. The van der Waals surface area contributed by atoms with Crippen LogP contribution in [0.3, 0.4) is 0 Å². The number of hydrogen-bond acceptors (Lipinski definition) is 2. The molecule has 0 amide bonds. The normalized spacial score (nSPS) is 12.0. The Kier molecular flexibility index (Phi) is 2.65. The maximum absolute atomic E-state index is 12.8. The van der Waals surface area contributed by atoms with Crippen LogP contribution in [0, 0.1) is 0 Å². The zero-order chi connectivity index (χ0) is 12.6. The molecule has 0 radical (unpaired) electrons. The number of aromatic nitrogens is 2. The molecule has 3 nitrogen and oxygen atoms in total. The molecule has 0 spiro atoms. The van der Waals surface area contributed by atoms with Gasteiger partial charge in [-0.05, 0) is 12.8 Å². The van der Waals surface area contributed by atoms with Crippen LogP contribution in [0.4, 0.5) is 13.2 Å². The van der Waals surface area contributed by atoms with E-state index in [1.165, 1.54) is 17.8 Å². The van der Waals surface area contributed by atoms with Gasteiger partial charge in [-0.2, -0.15) is 18.3 Å². The van der Waals surface area contributed by atoms with Gasteiger partial charge in [-0.15, -0.1) is 0 Å². The smallest absolute Gasteiger partial charge is 0.294 e. The fraction of sp³-hybridized carbons (Fsp3) is 0.273. The van der Waals surface area contributed by atoms with E-state index in [4.69, 9.17) is 0 Å². The van der Waals surface area contributed by atoms with Crippen molar-refractivity contribution < 1.29 is 13.2 Å². The number of fused-ring (bicyclic) bond motifs is 1. The number of hydrogen-bond donors (Lipinski definition) is 0. The highest BCUT2D eigenvalue weighted by molar-refractivity contribution is 5.85. The maximum Gasteiger partial charge on any atom is 0.418 e. The van der Waals surface area contributed by atoms with Crippen molar-refractivity contribution in [2.24, 2.45) is 12.0 Å². The third-order valence-electron chi connectivity index (χ3n) is 2.51. The highest BCUT2D eigenvalue weighted by Gasteiger charge is 2.34. The van der Waals surface area contributed by atoms with Crippen LogP contribution in [0.15, 0.2) is 23.2 Å². The van der Waals surface area contributed by atoms with Gasteiger partial charge in [-0.3, -0.25) is 9.67 Å². The lowest BCUT2D eigenvalue weighted by molar-refractivity contribution is -0.136. The minimum atomic E-state index is -4.38. The molecule has 1 aromatic carbocycles. The number of nitrogens with zero attached hydrogens (tertiary/aromatic N) is 3. The van der Waals surface area contributed by atoms with Crippen LogP contribution >= 0.6 is 0 Å². The predicted octanol–water partition coefficient (Wildman–Crippen LogP) is 2.79. The lowest BCUT2D eigenvalue weighted by Gasteiger charge is -2.08. The topological polar surface area (TPSA) is 30.2 Å². The van der Waals surface area contributed by atoms with Crippen LogP contribution < -0.4 is 0 Å². The maximum atomic E-state index is 12.8. The first kappa shape index (κ1) is 11.6. The summed E-state index contributed by atoms with van der Waals surface area (Å²) in [4.78, 5) is 3.65. The van der Waals surface area contributed by atoms with Crippen LogP contribution in [0.1, 0.15) is 11.3 Å². The van der Waals surface area contributed by atoms with Crippen molar-refractivity contribution >= 4 is 17.6 Å². The highest BCUT2D eigenvalue weighted by Crippen LogP contribution is 2.35. The van der Waals surface area contributed by atoms with Crippen LogP contribution in [0.5, 0.6) is 0 Å². The molecule has 6 heteroatoms. The van der Waals surface area contributed by atoms with Gasteiger partial charge < -0.3 is 0 Å². The lowest BCUT2D eigenvalue weighted by Crippen LogP contribution is -2.07. The van der Waals surface area contributed by atoms with Gasteiger partial charge in [0.15, 0.2) is 0 Å². The van der Waals surface area contributed by atoms with E-state index in [-0.39, 0.29) is 12.1 Å². The monoisotopic (exact) mass is 241 g/mol. The Labute approximate surface area is 95.6 Å². The van der Waals surface area contributed by atoms with Crippen molar-refractivity contribution in [3.05, 3.63) is 29.5 Å². The molecule has 0 aliphatic heterocycles. The van der Waals surface area contributed by atoms with Crippen molar-refractivity contribution in [2.45, 2.75) is 12.7 Å². The second-order valence-electron chi connectivity index (χ2n) is 3.65. The molecule has 1 heterocycles. The standard InChI is InChI=1S/C11H10F3N3/c1-15-6-9-7-4-3-5-8(11(12,13)14)10(7)17(2)16-9/h3-5H,1,6H2,2H3. The average molecular weight is 241 g/mol. The van der Waals surface area contributed by atoms with Crippen LogP contribution in [0.2, 0.25) is 0 Å². The third kappa shape index (κ3) is 1.90. The van der Waals surface area contributed by atoms with E-state index in [1.54, 1.807) is 6.07 Å². The van der Waals surface area contributed by atoms with Crippen molar-refractivity contribution in [1.82, 2.24) is 9.78 Å². The summed E-state index contributed by atoms with van der Waals surface area (Å²) in [5.74, 6) is 0. The number of benzene rings is 1. The fourth-order valence-electron chi connectivity index (χ4n) is 1.86. The molecule has 2 rings (SSSR count). The number of rotatable bonds is 2. The summed E-state index contributed by atoms with van der Waals surface area (Å²) in [7, 11) is 1.49. The third-order valence-corrected chi connectivity index (χ3v) is 2.51. The Morgan fingerprint density at radius 1 is 1.41 bits per heavy atom. The molecule has 0 aliphatic carbocycles. The van der Waals surface area contributed by atoms with E-state index in [0.29, 0.717) is 11.1 Å². The van der Waals surface area contributed by atoms with E-state index >= 15 is 0 Å². The highest BCUT2D eigenvalue weighted by atomic mass is 19.4. The molecule has 0 unspecified atom stereocenters. The fourth-order valence-corrected chi connectivity index (χ4v) is 1.86. The average Bonchev–Trinajstić information content (AvgIpc) is 2.55. The van der Waals surface area contributed by atoms with E-state index < -0.39 is 11.7 Å². The summed E-state index contributed by atoms with van der Waals surface area (Å²) >= 11 is 0. The van der Waals surface area contributed by atoms with Crippen molar-refractivity contribution in [1.29, 1.82) is 0 Å². The molecular formula is C11H10F3N3. The lowest BCUT2D eigenvalue weighted by atomic mass is 10.1. The largest absolute Gasteiger partial charge is 0.418 e. The number of aliphatic imine (C=N–C) groups is 1. The summed E-state index contributed by atoms with van der Waals surface area (Å²) in [6, 6.07) is 4.03. The summed E-state index contributed by atoms with van der Waals surface area (Å²) in [5.41, 5.74) is -0.0948. The molecule has 1 aromatic heterocycles. The first-order chi connectivity index (χ1) is 7.95. The molecule has 2 aromatic rings. The zero-order valence-corrected chi connectivity index (χ0v) is 9.12.